The molecule has 142 valence electrons. The Balaban J connectivity index is 1.95. The van der Waals surface area contributed by atoms with E-state index < -0.39 is 11.8 Å². The molecule has 3 rings (SSSR count). The summed E-state index contributed by atoms with van der Waals surface area (Å²) in [6.45, 7) is 0.725. The Bertz CT molecular complexity index is 856. The molecule has 0 fully saturated rings. The second-order valence-corrected chi connectivity index (χ2v) is 6.72. The van der Waals surface area contributed by atoms with Gasteiger partial charge >= 0.3 is 0 Å². The molecule has 3 aromatic rings. The van der Waals surface area contributed by atoms with Crippen LogP contribution in [0.3, 0.4) is 0 Å². The number of hydrogen-bond donors (Lipinski definition) is 1. The molecule has 0 saturated heterocycles. The number of rotatable bonds is 8. The van der Waals surface area contributed by atoms with Gasteiger partial charge in [-0.3, -0.25) is 9.59 Å². The van der Waals surface area contributed by atoms with Crippen LogP contribution in [0.25, 0.3) is 0 Å². The Morgan fingerprint density at radius 2 is 1.21 bits per heavy atom. The first-order valence-electron chi connectivity index (χ1n) is 9.36. The summed E-state index contributed by atoms with van der Waals surface area (Å²) in [6, 6.07) is 29.2. The van der Waals surface area contributed by atoms with Gasteiger partial charge < -0.3 is 10.6 Å². The van der Waals surface area contributed by atoms with Crippen molar-refractivity contribution >= 4 is 11.8 Å². The first kappa shape index (κ1) is 19.4. The zero-order valence-corrected chi connectivity index (χ0v) is 15.7. The molecule has 2 N–H and O–H groups in total. The van der Waals surface area contributed by atoms with Crippen molar-refractivity contribution in [2.24, 2.45) is 5.73 Å². The van der Waals surface area contributed by atoms with Crippen molar-refractivity contribution in [3.63, 3.8) is 0 Å². The van der Waals surface area contributed by atoms with Crippen LogP contribution in [0.2, 0.25) is 0 Å². The molecule has 0 heterocycles. The summed E-state index contributed by atoms with van der Waals surface area (Å²) in [5.74, 6) is -0.886. The summed E-state index contributed by atoms with van der Waals surface area (Å²) in [7, 11) is 0. The number of amides is 2. The molecule has 0 aliphatic carbocycles. The van der Waals surface area contributed by atoms with Gasteiger partial charge in [0.25, 0.3) is 0 Å². The fourth-order valence-corrected chi connectivity index (χ4v) is 3.27. The van der Waals surface area contributed by atoms with Crippen molar-refractivity contribution in [3.8, 4) is 0 Å². The second kappa shape index (κ2) is 9.51. The van der Waals surface area contributed by atoms with E-state index >= 15 is 0 Å². The Morgan fingerprint density at radius 3 is 1.68 bits per heavy atom. The smallest absolute Gasteiger partial charge is 0.234 e. The van der Waals surface area contributed by atoms with Gasteiger partial charge in [0.2, 0.25) is 11.8 Å². The molecule has 0 bridgehead atoms. The highest BCUT2D eigenvalue weighted by Crippen LogP contribution is 2.27. The maximum atomic E-state index is 13.6. The lowest BCUT2D eigenvalue weighted by Gasteiger charge is -2.28. The van der Waals surface area contributed by atoms with Gasteiger partial charge in [-0.2, -0.15) is 0 Å². The lowest BCUT2D eigenvalue weighted by Crippen LogP contribution is -2.37. The highest BCUT2D eigenvalue weighted by Gasteiger charge is 2.27. The molecule has 0 aliphatic heterocycles. The predicted octanol–water partition coefficient (Wildman–Crippen LogP) is 3.72. The first-order chi connectivity index (χ1) is 13.6. The third kappa shape index (κ3) is 5.07. The Labute approximate surface area is 165 Å². The van der Waals surface area contributed by atoms with Gasteiger partial charge in [0.15, 0.2) is 0 Å². The molecular formula is C24H24N2O2. The topological polar surface area (TPSA) is 63.4 Å². The summed E-state index contributed by atoms with van der Waals surface area (Å²) in [6.07, 6.45) is 0.134. The predicted molar refractivity (Wildman–Crippen MR) is 110 cm³/mol. The maximum Gasteiger partial charge on any atom is 0.234 e. The molecule has 3 aromatic carbocycles. The van der Waals surface area contributed by atoms with Crippen LogP contribution < -0.4 is 5.73 Å². The zero-order valence-electron chi connectivity index (χ0n) is 15.7. The largest absolute Gasteiger partial charge is 0.370 e. The minimum atomic E-state index is -0.431. The molecular weight excluding hydrogens is 348 g/mol. The van der Waals surface area contributed by atoms with Crippen LogP contribution in [0.4, 0.5) is 0 Å². The Morgan fingerprint density at radius 1 is 0.750 bits per heavy atom. The lowest BCUT2D eigenvalue weighted by atomic mass is 9.89. The third-order valence-electron chi connectivity index (χ3n) is 4.67. The summed E-state index contributed by atoms with van der Waals surface area (Å²) in [5, 5.41) is 0. The minimum absolute atomic E-state index is 0.0393. The SMILES string of the molecule is NC(=O)CCN(Cc1ccccc1)C(=O)C(c1ccccc1)c1ccccc1. The molecule has 0 aromatic heterocycles. The van der Waals surface area contributed by atoms with Gasteiger partial charge in [-0.15, -0.1) is 0 Å². The summed E-state index contributed by atoms with van der Waals surface area (Å²) >= 11 is 0. The molecule has 2 amide bonds. The average Bonchev–Trinajstić information content (AvgIpc) is 2.73. The number of hydrogen-bond acceptors (Lipinski definition) is 2. The molecule has 0 atom stereocenters. The highest BCUT2D eigenvalue weighted by atomic mass is 16.2. The number of benzene rings is 3. The normalized spacial score (nSPS) is 10.6. The highest BCUT2D eigenvalue weighted by molar-refractivity contribution is 5.87. The Kier molecular flexibility index (Phi) is 6.58. The van der Waals surface area contributed by atoms with Gasteiger partial charge in [-0.05, 0) is 16.7 Å². The van der Waals surface area contributed by atoms with Gasteiger partial charge in [-0.25, -0.2) is 0 Å². The number of carbonyl (C=O) groups excluding carboxylic acids is 2. The van der Waals surface area contributed by atoms with Crippen molar-refractivity contribution < 1.29 is 9.59 Å². The molecule has 0 radical (unpaired) electrons. The lowest BCUT2D eigenvalue weighted by molar-refractivity contribution is -0.133. The molecule has 0 spiro atoms. The number of primary amides is 1. The van der Waals surface area contributed by atoms with E-state index in [9.17, 15) is 9.59 Å². The number of nitrogens with zero attached hydrogens (tertiary/aromatic N) is 1. The third-order valence-corrected chi connectivity index (χ3v) is 4.67. The fraction of sp³-hybridized carbons (Fsp3) is 0.167. The minimum Gasteiger partial charge on any atom is -0.370 e. The van der Waals surface area contributed by atoms with Gasteiger partial charge in [0.05, 0.1) is 5.92 Å². The van der Waals surface area contributed by atoms with E-state index in [0.717, 1.165) is 16.7 Å². The van der Waals surface area contributed by atoms with E-state index in [1.807, 2.05) is 91.0 Å². The van der Waals surface area contributed by atoms with E-state index in [1.165, 1.54) is 0 Å². The maximum absolute atomic E-state index is 13.6. The van der Waals surface area contributed by atoms with Gasteiger partial charge in [0, 0.05) is 19.5 Å². The monoisotopic (exact) mass is 372 g/mol. The van der Waals surface area contributed by atoms with Crippen LogP contribution in [0.1, 0.15) is 29.0 Å². The van der Waals surface area contributed by atoms with E-state index in [-0.39, 0.29) is 12.3 Å². The molecule has 28 heavy (non-hydrogen) atoms. The van der Waals surface area contributed by atoms with Crippen molar-refractivity contribution in [3.05, 3.63) is 108 Å². The number of nitrogens with two attached hydrogens (primary N) is 1. The summed E-state index contributed by atoms with van der Waals surface area (Å²) in [5.41, 5.74) is 8.22. The van der Waals surface area contributed by atoms with Crippen molar-refractivity contribution in [2.75, 3.05) is 6.54 Å². The molecule has 4 heteroatoms. The van der Waals surface area contributed by atoms with Crippen LogP contribution in [-0.4, -0.2) is 23.3 Å². The van der Waals surface area contributed by atoms with E-state index in [4.69, 9.17) is 5.73 Å². The van der Waals surface area contributed by atoms with Crippen molar-refractivity contribution in [1.29, 1.82) is 0 Å². The van der Waals surface area contributed by atoms with E-state index in [0.29, 0.717) is 13.1 Å². The average molecular weight is 372 g/mol. The standard InChI is InChI=1S/C24H24N2O2/c25-22(27)16-17-26(18-19-10-4-1-5-11-19)24(28)23(20-12-6-2-7-13-20)21-14-8-3-9-15-21/h1-15,23H,16-18H2,(H2,25,27). The van der Waals surface area contributed by atoms with Crippen LogP contribution >= 0.6 is 0 Å². The van der Waals surface area contributed by atoms with Crippen LogP contribution in [0.15, 0.2) is 91.0 Å². The van der Waals surface area contributed by atoms with E-state index in [1.54, 1.807) is 4.90 Å². The molecule has 0 saturated carbocycles. The zero-order chi connectivity index (χ0) is 19.8. The summed E-state index contributed by atoms with van der Waals surface area (Å²) < 4.78 is 0. The van der Waals surface area contributed by atoms with Gasteiger partial charge in [0.1, 0.15) is 0 Å². The van der Waals surface area contributed by atoms with E-state index in [2.05, 4.69) is 0 Å². The van der Waals surface area contributed by atoms with Crippen LogP contribution in [0.5, 0.6) is 0 Å². The molecule has 0 aliphatic rings. The first-order valence-corrected chi connectivity index (χ1v) is 9.36. The molecule has 0 unspecified atom stereocenters. The molecule has 4 nitrogen and oxygen atoms in total. The van der Waals surface area contributed by atoms with Crippen molar-refractivity contribution in [2.45, 2.75) is 18.9 Å². The van der Waals surface area contributed by atoms with Crippen LogP contribution in [0, 0.1) is 0 Å². The van der Waals surface area contributed by atoms with Gasteiger partial charge in [-0.1, -0.05) is 91.0 Å². The second-order valence-electron chi connectivity index (χ2n) is 6.72. The summed E-state index contributed by atoms with van der Waals surface area (Å²) in [4.78, 5) is 26.7. The quantitative estimate of drug-likeness (QED) is 0.655. The Hall–Kier alpha value is -3.40. The fourth-order valence-electron chi connectivity index (χ4n) is 3.27. The number of carbonyl (C=O) groups is 2. The van der Waals surface area contributed by atoms with Crippen molar-refractivity contribution in [1.82, 2.24) is 4.90 Å². The van der Waals surface area contributed by atoms with Crippen LogP contribution in [-0.2, 0) is 16.1 Å².